The Hall–Kier alpha value is -1.53. The fourth-order valence-corrected chi connectivity index (χ4v) is 3.29. The van der Waals surface area contributed by atoms with Gasteiger partial charge < -0.3 is 5.32 Å². The summed E-state index contributed by atoms with van der Waals surface area (Å²) in [7, 11) is 0. The Kier molecular flexibility index (Phi) is 3.44. The van der Waals surface area contributed by atoms with Gasteiger partial charge in [0.05, 0.1) is 15.8 Å². The van der Waals surface area contributed by atoms with Crippen LogP contribution in [-0.4, -0.2) is 21.5 Å². The molecule has 0 aliphatic heterocycles. The number of thiophene rings is 1. The predicted molar refractivity (Wildman–Crippen MR) is 82.0 cm³/mol. The van der Waals surface area contributed by atoms with Gasteiger partial charge in [-0.25, -0.2) is 9.97 Å². The first-order valence-electron chi connectivity index (χ1n) is 6.19. The van der Waals surface area contributed by atoms with Crippen LogP contribution in [-0.2, 0) is 0 Å². The molecule has 0 fully saturated rings. The number of nitrogens with zero attached hydrogens (tertiary/aromatic N) is 3. The second-order valence-electron chi connectivity index (χ2n) is 4.26. The van der Waals surface area contributed by atoms with Crippen molar-refractivity contribution < 1.29 is 0 Å². The summed E-state index contributed by atoms with van der Waals surface area (Å²) >= 11 is 3.27. The normalized spacial score (nSPS) is 11.1. The van der Waals surface area contributed by atoms with Crippen molar-refractivity contribution in [2.24, 2.45) is 0 Å². The molecule has 0 unspecified atom stereocenters. The van der Waals surface area contributed by atoms with Gasteiger partial charge in [-0.05, 0) is 19.4 Å². The second kappa shape index (κ2) is 5.22. The SMILES string of the molecule is CCCNc1nc(-c2cncs2)nc2sc(C)cc12. The molecule has 0 amide bonds. The molecule has 0 aromatic carbocycles. The van der Waals surface area contributed by atoms with Crippen molar-refractivity contribution in [1.29, 1.82) is 0 Å². The zero-order chi connectivity index (χ0) is 13.2. The van der Waals surface area contributed by atoms with Crippen LogP contribution >= 0.6 is 22.7 Å². The number of hydrogen-bond acceptors (Lipinski definition) is 6. The second-order valence-corrected chi connectivity index (χ2v) is 6.39. The maximum atomic E-state index is 4.65. The van der Waals surface area contributed by atoms with Gasteiger partial charge in [-0.15, -0.1) is 22.7 Å². The largest absolute Gasteiger partial charge is 0.369 e. The number of hydrogen-bond donors (Lipinski definition) is 1. The third kappa shape index (κ3) is 2.46. The minimum Gasteiger partial charge on any atom is -0.369 e. The predicted octanol–water partition coefficient (Wildman–Crippen LogP) is 3.95. The van der Waals surface area contributed by atoms with Crippen LogP contribution in [0.1, 0.15) is 18.2 Å². The van der Waals surface area contributed by atoms with Crippen LogP contribution in [0, 0.1) is 6.92 Å². The highest BCUT2D eigenvalue weighted by molar-refractivity contribution is 7.18. The highest BCUT2D eigenvalue weighted by atomic mass is 32.1. The maximum absolute atomic E-state index is 4.65. The first-order valence-corrected chi connectivity index (χ1v) is 7.88. The van der Waals surface area contributed by atoms with Crippen LogP contribution in [0.15, 0.2) is 17.8 Å². The smallest absolute Gasteiger partial charge is 0.174 e. The number of anilines is 1. The molecular formula is C13H14N4S2. The van der Waals surface area contributed by atoms with Crippen LogP contribution in [0.5, 0.6) is 0 Å². The molecule has 0 bridgehead atoms. The van der Waals surface area contributed by atoms with Crippen LogP contribution in [0.4, 0.5) is 5.82 Å². The first-order chi connectivity index (χ1) is 9.28. The van der Waals surface area contributed by atoms with Crippen LogP contribution in [0.25, 0.3) is 20.9 Å². The van der Waals surface area contributed by atoms with Gasteiger partial charge in [-0.2, -0.15) is 0 Å². The van der Waals surface area contributed by atoms with Gasteiger partial charge in [0, 0.05) is 17.6 Å². The van der Waals surface area contributed by atoms with Gasteiger partial charge >= 0.3 is 0 Å². The Bertz CT molecular complexity index is 688. The van der Waals surface area contributed by atoms with Crippen molar-refractivity contribution in [2.45, 2.75) is 20.3 Å². The summed E-state index contributed by atoms with van der Waals surface area (Å²) in [5.41, 5.74) is 1.81. The van der Waals surface area contributed by atoms with E-state index in [1.807, 2.05) is 11.7 Å². The molecule has 3 aromatic rings. The molecule has 3 aromatic heterocycles. The summed E-state index contributed by atoms with van der Waals surface area (Å²) in [5, 5.41) is 4.51. The average Bonchev–Trinajstić information content (AvgIpc) is 3.03. The lowest BCUT2D eigenvalue weighted by atomic mass is 10.3. The molecule has 0 saturated heterocycles. The van der Waals surface area contributed by atoms with Crippen molar-refractivity contribution in [3.05, 3.63) is 22.7 Å². The number of nitrogens with one attached hydrogen (secondary N) is 1. The Labute approximate surface area is 119 Å². The van der Waals surface area contributed by atoms with E-state index in [4.69, 9.17) is 0 Å². The molecule has 0 aliphatic carbocycles. The van der Waals surface area contributed by atoms with Gasteiger partial charge in [0.2, 0.25) is 0 Å². The number of thiazole rings is 1. The molecule has 0 radical (unpaired) electrons. The van der Waals surface area contributed by atoms with Gasteiger partial charge in [0.15, 0.2) is 5.82 Å². The zero-order valence-corrected chi connectivity index (χ0v) is 12.4. The third-order valence-corrected chi connectivity index (χ3v) is 4.42. The molecule has 0 saturated carbocycles. The molecule has 1 N–H and O–H groups in total. The van der Waals surface area contributed by atoms with Crippen LogP contribution in [0.3, 0.4) is 0 Å². The fourth-order valence-electron chi connectivity index (χ4n) is 1.86. The number of aryl methyl sites for hydroxylation is 1. The quantitative estimate of drug-likeness (QED) is 0.790. The minimum absolute atomic E-state index is 0.760. The molecule has 3 rings (SSSR count). The van der Waals surface area contributed by atoms with E-state index in [2.05, 4.69) is 40.2 Å². The Morgan fingerprint density at radius 3 is 2.95 bits per heavy atom. The lowest BCUT2D eigenvalue weighted by Crippen LogP contribution is -2.03. The summed E-state index contributed by atoms with van der Waals surface area (Å²) in [5.74, 6) is 1.69. The lowest BCUT2D eigenvalue weighted by Gasteiger charge is -2.06. The highest BCUT2D eigenvalue weighted by Crippen LogP contribution is 2.31. The van der Waals surface area contributed by atoms with Gasteiger partial charge in [0.25, 0.3) is 0 Å². The summed E-state index contributed by atoms with van der Waals surface area (Å²) in [6, 6.07) is 2.15. The maximum Gasteiger partial charge on any atom is 0.174 e. The van der Waals surface area contributed by atoms with Crippen LogP contribution in [0.2, 0.25) is 0 Å². The average molecular weight is 290 g/mol. The summed E-state index contributed by atoms with van der Waals surface area (Å²) in [4.78, 5) is 16.7. The highest BCUT2D eigenvalue weighted by Gasteiger charge is 2.12. The number of rotatable bonds is 4. The molecular weight excluding hydrogens is 276 g/mol. The molecule has 0 spiro atoms. The van der Waals surface area contributed by atoms with Crippen molar-refractivity contribution >= 4 is 38.7 Å². The molecule has 3 heterocycles. The summed E-state index contributed by atoms with van der Waals surface area (Å²) in [6.07, 6.45) is 2.89. The van der Waals surface area contributed by atoms with Crippen molar-refractivity contribution in [2.75, 3.05) is 11.9 Å². The first kappa shape index (κ1) is 12.5. The molecule has 6 heteroatoms. The third-order valence-electron chi connectivity index (χ3n) is 2.71. The standard InChI is InChI=1S/C13H14N4S2/c1-3-4-15-11-9-5-8(2)19-13(9)17-12(16-11)10-6-14-7-18-10/h5-7H,3-4H2,1-2H3,(H,15,16,17). The van der Waals surface area contributed by atoms with Crippen LogP contribution < -0.4 is 5.32 Å². The van der Waals surface area contributed by atoms with E-state index in [0.29, 0.717) is 0 Å². The van der Waals surface area contributed by atoms with E-state index in [1.54, 1.807) is 22.7 Å². The fraction of sp³-hybridized carbons (Fsp3) is 0.308. The van der Waals surface area contributed by atoms with E-state index in [1.165, 1.54) is 4.88 Å². The number of aromatic nitrogens is 3. The van der Waals surface area contributed by atoms with Gasteiger partial charge in [-0.1, -0.05) is 6.92 Å². The molecule has 0 atom stereocenters. The van der Waals surface area contributed by atoms with Gasteiger partial charge in [0.1, 0.15) is 10.6 Å². The molecule has 0 aliphatic rings. The van der Waals surface area contributed by atoms with Gasteiger partial charge in [-0.3, -0.25) is 4.98 Å². The lowest BCUT2D eigenvalue weighted by molar-refractivity contribution is 0.971. The van der Waals surface area contributed by atoms with E-state index in [9.17, 15) is 0 Å². The van der Waals surface area contributed by atoms with E-state index >= 15 is 0 Å². The molecule has 4 nitrogen and oxygen atoms in total. The number of fused-ring (bicyclic) bond motifs is 1. The van der Waals surface area contributed by atoms with E-state index in [-0.39, 0.29) is 0 Å². The van der Waals surface area contributed by atoms with Crippen molar-refractivity contribution in [3.63, 3.8) is 0 Å². The van der Waals surface area contributed by atoms with Crippen molar-refractivity contribution in [3.8, 4) is 10.7 Å². The Morgan fingerprint density at radius 2 is 2.21 bits per heavy atom. The Morgan fingerprint density at radius 1 is 1.32 bits per heavy atom. The zero-order valence-electron chi connectivity index (χ0n) is 10.8. The van der Waals surface area contributed by atoms with Crippen molar-refractivity contribution in [1.82, 2.24) is 15.0 Å². The molecule has 98 valence electrons. The minimum atomic E-state index is 0.760. The molecule has 19 heavy (non-hydrogen) atoms. The topological polar surface area (TPSA) is 50.7 Å². The Balaban J connectivity index is 2.14. The monoisotopic (exact) mass is 290 g/mol. The summed E-state index contributed by atoms with van der Waals surface area (Å²) < 4.78 is 0. The summed E-state index contributed by atoms with van der Waals surface area (Å²) in [6.45, 7) is 5.17. The van der Waals surface area contributed by atoms with E-state index < -0.39 is 0 Å². The van der Waals surface area contributed by atoms with E-state index in [0.717, 1.165) is 39.7 Å².